The third-order valence-electron chi connectivity index (χ3n) is 7.16. The fraction of sp³-hybridized carbons (Fsp3) is 0.500. The van der Waals surface area contributed by atoms with Gasteiger partial charge in [0.2, 0.25) is 5.91 Å². The quantitative estimate of drug-likeness (QED) is 0.544. The Morgan fingerprint density at radius 2 is 2.12 bits per heavy atom. The van der Waals surface area contributed by atoms with E-state index in [0.717, 1.165) is 67.0 Å². The molecule has 4 heterocycles. The first-order valence-corrected chi connectivity index (χ1v) is 13.0. The summed E-state index contributed by atoms with van der Waals surface area (Å²) in [6.07, 6.45) is 5.40. The monoisotopic (exact) mass is 477 g/mol. The Kier molecular flexibility index (Phi) is 6.68. The van der Waals surface area contributed by atoms with E-state index in [1.54, 1.807) is 11.3 Å². The number of thiazole rings is 1. The van der Waals surface area contributed by atoms with Crippen LogP contribution in [0.3, 0.4) is 0 Å². The van der Waals surface area contributed by atoms with Crippen LogP contribution in [0.4, 0.5) is 5.82 Å². The van der Waals surface area contributed by atoms with Crippen molar-refractivity contribution >= 4 is 33.3 Å². The summed E-state index contributed by atoms with van der Waals surface area (Å²) >= 11 is 1.72. The molecule has 1 N–H and O–H groups in total. The number of para-hydroxylation sites is 1. The summed E-state index contributed by atoms with van der Waals surface area (Å²) < 4.78 is 9.08. The lowest BCUT2D eigenvalue weighted by Crippen LogP contribution is -2.39. The zero-order valence-corrected chi connectivity index (χ0v) is 20.7. The van der Waals surface area contributed by atoms with Gasteiger partial charge in [-0.15, -0.1) is 11.3 Å². The van der Waals surface area contributed by atoms with Crippen molar-refractivity contribution in [1.29, 1.82) is 5.26 Å². The first-order valence-electron chi connectivity index (χ1n) is 12.2. The molecule has 2 aliphatic heterocycles. The predicted octanol–water partition coefficient (Wildman–Crippen LogP) is 4.93. The van der Waals surface area contributed by atoms with Crippen molar-refractivity contribution in [3.8, 4) is 6.07 Å². The second-order valence-electron chi connectivity index (χ2n) is 9.34. The lowest BCUT2D eigenvalue weighted by Gasteiger charge is -2.33. The molecule has 0 aliphatic carbocycles. The van der Waals surface area contributed by atoms with Crippen LogP contribution in [0.25, 0.3) is 10.2 Å². The number of carbonyl (C=O) groups is 1. The van der Waals surface area contributed by atoms with E-state index in [0.29, 0.717) is 17.9 Å². The Labute approximate surface area is 204 Å². The molecule has 1 aromatic carbocycles. The molecular formula is C26H31N5O2S. The van der Waals surface area contributed by atoms with Gasteiger partial charge in [0.1, 0.15) is 16.9 Å². The van der Waals surface area contributed by atoms with Crippen molar-refractivity contribution in [1.82, 2.24) is 14.5 Å². The van der Waals surface area contributed by atoms with E-state index in [9.17, 15) is 10.1 Å². The van der Waals surface area contributed by atoms with Crippen LogP contribution in [0.15, 0.2) is 24.3 Å². The highest BCUT2D eigenvalue weighted by Gasteiger charge is 2.29. The molecule has 2 atom stereocenters. The first kappa shape index (κ1) is 23.0. The highest BCUT2D eigenvalue weighted by atomic mass is 32.1. The maximum absolute atomic E-state index is 13.3. The van der Waals surface area contributed by atoms with Gasteiger partial charge < -0.3 is 14.6 Å². The zero-order chi connectivity index (χ0) is 23.7. The second kappa shape index (κ2) is 9.87. The zero-order valence-electron chi connectivity index (χ0n) is 19.8. The number of benzene rings is 1. The predicted molar refractivity (Wildman–Crippen MR) is 134 cm³/mol. The van der Waals surface area contributed by atoms with E-state index in [1.165, 1.54) is 4.70 Å². The van der Waals surface area contributed by atoms with Gasteiger partial charge in [0.15, 0.2) is 0 Å². The van der Waals surface area contributed by atoms with Crippen molar-refractivity contribution in [2.75, 3.05) is 25.0 Å². The number of hydrogen-bond acceptors (Lipinski definition) is 6. The van der Waals surface area contributed by atoms with Crippen molar-refractivity contribution in [2.24, 2.45) is 0 Å². The van der Waals surface area contributed by atoms with Crippen LogP contribution < -0.4 is 5.32 Å². The summed E-state index contributed by atoms with van der Waals surface area (Å²) in [6.45, 7) is 6.54. The third kappa shape index (κ3) is 4.48. The van der Waals surface area contributed by atoms with Gasteiger partial charge in [-0.25, -0.2) is 4.98 Å². The number of ether oxygens (including phenoxy) is 1. The molecule has 2 fully saturated rings. The van der Waals surface area contributed by atoms with Crippen molar-refractivity contribution in [3.05, 3.63) is 46.1 Å². The fourth-order valence-corrected chi connectivity index (χ4v) is 6.34. The number of carbonyl (C=O) groups excluding carboxylic acids is 1. The fourth-order valence-electron chi connectivity index (χ4n) is 5.20. The Morgan fingerprint density at radius 3 is 2.88 bits per heavy atom. The van der Waals surface area contributed by atoms with Crippen LogP contribution in [0.5, 0.6) is 0 Å². The Morgan fingerprint density at radius 1 is 1.26 bits per heavy atom. The van der Waals surface area contributed by atoms with Crippen molar-refractivity contribution < 1.29 is 9.53 Å². The molecule has 34 heavy (non-hydrogen) atoms. The molecule has 0 bridgehead atoms. The van der Waals surface area contributed by atoms with Gasteiger partial charge in [0.25, 0.3) is 0 Å². The molecule has 7 nitrogen and oxygen atoms in total. The van der Waals surface area contributed by atoms with E-state index in [2.05, 4.69) is 26.9 Å². The van der Waals surface area contributed by atoms with Crippen molar-refractivity contribution in [3.63, 3.8) is 0 Å². The summed E-state index contributed by atoms with van der Waals surface area (Å²) in [5, 5.41) is 14.0. The smallest absolute Gasteiger partial charge is 0.239 e. The van der Waals surface area contributed by atoms with Crippen LogP contribution in [0.2, 0.25) is 0 Å². The average Bonchev–Trinajstić information content (AvgIpc) is 3.56. The molecule has 0 radical (unpaired) electrons. The summed E-state index contributed by atoms with van der Waals surface area (Å²) in [6, 6.07) is 10.7. The standard InChI is InChI=1S/C26H31N5O2S/c1-17-18(2)31(15-19-8-7-13-33-19)25(20(17)14-27)29-24(32)16-30-12-6-5-10-22(30)26-28-21-9-3-4-11-23(21)34-26/h3-4,9,11,19,22H,5-8,10,12-13,15-16H2,1-2H3,(H,29,32)/t19-,22-/m0/s1. The Hall–Kier alpha value is -2.73. The van der Waals surface area contributed by atoms with E-state index in [1.807, 2.05) is 32.0 Å². The average molecular weight is 478 g/mol. The van der Waals surface area contributed by atoms with Gasteiger partial charge >= 0.3 is 0 Å². The van der Waals surface area contributed by atoms with Crippen LogP contribution >= 0.6 is 11.3 Å². The van der Waals surface area contributed by atoms with E-state index >= 15 is 0 Å². The molecule has 0 spiro atoms. The molecular weight excluding hydrogens is 446 g/mol. The van der Waals surface area contributed by atoms with Gasteiger partial charge in [0.05, 0.1) is 41.0 Å². The van der Waals surface area contributed by atoms with Crippen LogP contribution in [0, 0.1) is 25.2 Å². The summed E-state index contributed by atoms with van der Waals surface area (Å²) in [4.78, 5) is 20.4. The highest BCUT2D eigenvalue weighted by molar-refractivity contribution is 7.18. The number of hydrogen-bond donors (Lipinski definition) is 1. The number of nitrogens with one attached hydrogen (secondary N) is 1. The molecule has 2 aromatic heterocycles. The molecule has 0 unspecified atom stereocenters. The molecule has 0 saturated carbocycles. The number of amides is 1. The number of nitriles is 1. The van der Waals surface area contributed by atoms with E-state index < -0.39 is 0 Å². The maximum atomic E-state index is 13.3. The minimum atomic E-state index is -0.0874. The summed E-state index contributed by atoms with van der Waals surface area (Å²) in [5.74, 6) is 0.516. The highest BCUT2D eigenvalue weighted by Crippen LogP contribution is 2.35. The minimum absolute atomic E-state index is 0.0874. The number of fused-ring (bicyclic) bond motifs is 1. The topological polar surface area (TPSA) is 83.2 Å². The normalized spacial score (nSPS) is 21.1. The first-order chi connectivity index (χ1) is 16.5. The number of nitrogens with zero attached hydrogens (tertiary/aromatic N) is 4. The Bertz CT molecular complexity index is 1200. The van der Waals surface area contributed by atoms with Gasteiger partial charge in [-0.2, -0.15) is 5.26 Å². The lowest BCUT2D eigenvalue weighted by molar-refractivity contribution is -0.118. The van der Waals surface area contributed by atoms with Gasteiger partial charge in [-0.1, -0.05) is 18.6 Å². The SMILES string of the molecule is Cc1c(C#N)c(NC(=O)CN2CCCC[C@H]2c2nc3ccccc3s2)n(C[C@@H]2CCCO2)c1C. The minimum Gasteiger partial charge on any atom is -0.376 e. The van der Waals surface area contributed by atoms with Gasteiger partial charge in [-0.3, -0.25) is 9.69 Å². The number of likely N-dealkylation sites (tertiary alicyclic amines) is 1. The molecule has 8 heteroatoms. The molecule has 5 rings (SSSR count). The molecule has 2 aliphatic rings. The van der Waals surface area contributed by atoms with Crippen molar-refractivity contribution in [2.45, 2.75) is 64.6 Å². The summed E-state index contributed by atoms with van der Waals surface area (Å²) in [5.41, 5.74) is 3.49. The van der Waals surface area contributed by atoms with Gasteiger partial charge in [-0.05, 0) is 63.8 Å². The molecule has 1 amide bonds. The largest absolute Gasteiger partial charge is 0.376 e. The maximum Gasteiger partial charge on any atom is 0.239 e. The molecule has 2 saturated heterocycles. The number of anilines is 1. The molecule has 3 aromatic rings. The van der Waals surface area contributed by atoms with E-state index in [-0.39, 0.29) is 24.6 Å². The number of aromatic nitrogens is 2. The van der Waals surface area contributed by atoms with Gasteiger partial charge in [0, 0.05) is 12.3 Å². The second-order valence-corrected chi connectivity index (χ2v) is 10.4. The van der Waals surface area contributed by atoms with Crippen LogP contribution in [-0.4, -0.2) is 46.2 Å². The lowest BCUT2D eigenvalue weighted by atomic mass is 10.0. The van der Waals surface area contributed by atoms with Crippen LogP contribution in [-0.2, 0) is 16.1 Å². The summed E-state index contributed by atoms with van der Waals surface area (Å²) in [7, 11) is 0. The van der Waals surface area contributed by atoms with Crippen LogP contribution in [0.1, 0.15) is 60.0 Å². The molecule has 178 valence electrons. The van der Waals surface area contributed by atoms with E-state index in [4.69, 9.17) is 9.72 Å². The number of piperidine rings is 1. The number of rotatable bonds is 6. The third-order valence-corrected chi connectivity index (χ3v) is 8.30. The Balaban J connectivity index is 1.35.